The Balaban J connectivity index is 1.98. The number of pyridine rings is 1. The minimum Gasteiger partial charge on any atom is -0.507 e. The van der Waals surface area contributed by atoms with Gasteiger partial charge in [0.1, 0.15) is 17.6 Å². The van der Waals surface area contributed by atoms with Crippen molar-refractivity contribution in [3.63, 3.8) is 0 Å². The van der Waals surface area contributed by atoms with Crippen molar-refractivity contribution in [2.75, 3.05) is 12.0 Å². The van der Waals surface area contributed by atoms with Crippen molar-refractivity contribution in [2.24, 2.45) is 0 Å². The molecule has 1 amide bonds. The number of hydrogen-bond donors (Lipinski definition) is 1. The average molecular weight is 460 g/mol. The maximum Gasteiger partial charge on any atom is 0.300 e. The van der Waals surface area contributed by atoms with Crippen LogP contribution < -0.4 is 9.64 Å². The summed E-state index contributed by atoms with van der Waals surface area (Å²) < 4.78 is 5.37. The largest absolute Gasteiger partial charge is 0.507 e. The molecule has 2 heterocycles. The number of anilines is 1. The molecule has 1 aliphatic heterocycles. The Labute approximate surface area is 195 Å². The first-order valence-electron chi connectivity index (χ1n) is 9.94. The average Bonchev–Trinajstić information content (AvgIpc) is 3.09. The van der Waals surface area contributed by atoms with Crippen LogP contribution >= 0.6 is 11.6 Å². The van der Waals surface area contributed by atoms with Gasteiger partial charge in [0.2, 0.25) is 0 Å². The quantitative estimate of drug-likeness (QED) is 0.348. The summed E-state index contributed by atoms with van der Waals surface area (Å²) in [6.07, 6.45) is 1.54. The van der Waals surface area contributed by atoms with Crippen LogP contribution in [0.1, 0.15) is 28.4 Å². The van der Waals surface area contributed by atoms with Crippen LogP contribution in [0.15, 0.2) is 66.4 Å². The number of aliphatic hydroxyl groups excluding tert-OH is 1. The van der Waals surface area contributed by atoms with Crippen molar-refractivity contribution in [1.29, 1.82) is 5.26 Å². The number of carbonyl (C=O) groups is 2. The number of ketones is 1. The second-order valence-corrected chi connectivity index (χ2v) is 7.82. The Hall–Kier alpha value is -4.15. The van der Waals surface area contributed by atoms with Gasteiger partial charge >= 0.3 is 0 Å². The Bertz CT molecular complexity index is 1330. The third-order valence-corrected chi connectivity index (χ3v) is 5.61. The van der Waals surface area contributed by atoms with Crippen molar-refractivity contribution in [2.45, 2.75) is 13.0 Å². The number of rotatable bonds is 4. The number of Topliss-reactive ketones (excluding diaryl/α,β-unsaturated/α-hetero) is 1. The van der Waals surface area contributed by atoms with E-state index in [9.17, 15) is 14.7 Å². The van der Waals surface area contributed by atoms with Crippen LogP contribution in [-0.2, 0) is 9.59 Å². The monoisotopic (exact) mass is 459 g/mol. The van der Waals surface area contributed by atoms with Crippen LogP contribution in [0.25, 0.3) is 5.76 Å². The second kappa shape index (κ2) is 8.77. The maximum atomic E-state index is 13.2. The van der Waals surface area contributed by atoms with Crippen LogP contribution in [0.3, 0.4) is 0 Å². The molecule has 1 saturated heterocycles. The maximum absolute atomic E-state index is 13.2. The summed E-state index contributed by atoms with van der Waals surface area (Å²) in [7, 11) is 1.40. The van der Waals surface area contributed by atoms with E-state index in [1.807, 2.05) is 6.07 Å². The number of methoxy groups -OCH3 is 1. The Morgan fingerprint density at radius 3 is 2.52 bits per heavy atom. The van der Waals surface area contributed by atoms with Gasteiger partial charge in [0.05, 0.1) is 40.6 Å². The van der Waals surface area contributed by atoms with E-state index < -0.39 is 23.5 Å². The van der Waals surface area contributed by atoms with Crippen molar-refractivity contribution < 1.29 is 19.4 Å². The first-order chi connectivity index (χ1) is 15.9. The summed E-state index contributed by atoms with van der Waals surface area (Å²) in [6, 6.07) is 15.7. The smallest absolute Gasteiger partial charge is 0.300 e. The zero-order valence-corrected chi connectivity index (χ0v) is 18.5. The molecule has 0 spiro atoms. The number of hydrogen-bond acceptors (Lipinski definition) is 6. The summed E-state index contributed by atoms with van der Waals surface area (Å²) in [6.45, 7) is 1.79. The van der Waals surface area contributed by atoms with E-state index in [-0.39, 0.29) is 21.9 Å². The minimum absolute atomic E-state index is 0.136. The number of halogens is 1. The molecular formula is C25H18ClN3O4. The summed E-state index contributed by atoms with van der Waals surface area (Å²) in [5.74, 6) is -1.92. The fourth-order valence-electron chi connectivity index (χ4n) is 3.87. The highest BCUT2D eigenvalue weighted by Crippen LogP contribution is 2.44. The summed E-state index contributed by atoms with van der Waals surface area (Å²) in [5.41, 5.74) is 1.98. The van der Waals surface area contributed by atoms with Crippen molar-refractivity contribution in [3.05, 3.63) is 93.8 Å². The summed E-state index contributed by atoms with van der Waals surface area (Å²) >= 11 is 6.30. The molecule has 3 aromatic rings. The number of nitriles is 1. The molecule has 7 nitrogen and oxygen atoms in total. The molecule has 1 fully saturated rings. The molecule has 1 unspecified atom stereocenters. The lowest BCUT2D eigenvalue weighted by molar-refractivity contribution is -0.132. The van der Waals surface area contributed by atoms with Crippen molar-refractivity contribution in [1.82, 2.24) is 4.98 Å². The van der Waals surface area contributed by atoms with Gasteiger partial charge in [-0.15, -0.1) is 0 Å². The fourth-order valence-corrected chi connectivity index (χ4v) is 4.22. The third kappa shape index (κ3) is 3.81. The fraction of sp³-hybridized carbons (Fsp3) is 0.120. The van der Waals surface area contributed by atoms with Gasteiger partial charge in [-0.3, -0.25) is 19.5 Å². The van der Waals surface area contributed by atoms with E-state index in [0.717, 1.165) is 5.56 Å². The molecule has 1 aromatic heterocycles. The van der Waals surface area contributed by atoms with Crippen LogP contribution in [0.5, 0.6) is 5.75 Å². The van der Waals surface area contributed by atoms with Gasteiger partial charge in [-0.2, -0.15) is 5.26 Å². The zero-order chi connectivity index (χ0) is 23.7. The molecule has 1 N–H and O–H groups in total. The second-order valence-electron chi connectivity index (χ2n) is 7.41. The number of aromatic nitrogens is 1. The molecule has 0 aliphatic carbocycles. The van der Waals surface area contributed by atoms with Crippen molar-refractivity contribution in [3.8, 4) is 11.8 Å². The van der Waals surface area contributed by atoms with Gasteiger partial charge in [0, 0.05) is 11.9 Å². The predicted octanol–water partition coefficient (Wildman–Crippen LogP) is 4.55. The number of ether oxygens (including phenoxy) is 1. The molecule has 33 heavy (non-hydrogen) atoms. The summed E-state index contributed by atoms with van der Waals surface area (Å²) in [4.78, 5) is 32.0. The third-order valence-electron chi connectivity index (χ3n) is 5.33. The molecule has 0 bridgehead atoms. The molecule has 2 aromatic carbocycles. The highest BCUT2D eigenvalue weighted by atomic mass is 35.5. The number of benzene rings is 2. The lowest BCUT2D eigenvalue weighted by Crippen LogP contribution is -2.29. The lowest BCUT2D eigenvalue weighted by atomic mass is 9.97. The molecule has 1 aliphatic rings. The first kappa shape index (κ1) is 22.1. The SMILES string of the molecule is COc1c(Cl)cc(C)cc1/C(O)=C1\C(=O)C(=O)N(c2ccc(C#N)cc2)C1c1ccccn1. The van der Waals surface area contributed by atoms with Crippen LogP contribution in [0.2, 0.25) is 5.02 Å². The Morgan fingerprint density at radius 1 is 1.18 bits per heavy atom. The minimum atomic E-state index is -0.997. The topological polar surface area (TPSA) is 104 Å². The van der Waals surface area contributed by atoms with Crippen LogP contribution in [0, 0.1) is 18.3 Å². The van der Waals surface area contributed by atoms with E-state index in [2.05, 4.69) is 4.98 Å². The van der Waals surface area contributed by atoms with E-state index in [1.54, 1.807) is 67.7 Å². The number of amides is 1. The number of carbonyl (C=O) groups excluding carboxylic acids is 2. The van der Waals surface area contributed by atoms with Crippen molar-refractivity contribution >= 4 is 34.7 Å². The van der Waals surface area contributed by atoms with Gasteiger partial charge < -0.3 is 9.84 Å². The van der Waals surface area contributed by atoms with E-state index >= 15 is 0 Å². The molecule has 164 valence electrons. The number of aliphatic hydroxyl groups is 1. The molecule has 0 radical (unpaired) electrons. The van der Waals surface area contributed by atoms with Gasteiger partial charge in [0.25, 0.3) is 11.7 Å². The standard InChI is InChI=1S/C25H18ClN3O4/c1-14-11-17(24(33-2)18(26)12-14)22(30)20-21(19-5-3-4-10-28-19)29(25(32)23(20)31)16-8-6-15(13-27)7-9-16/h3-12,21,30H,1-2H3/b22-20+. The Morgan fingerprint density at radius 2 is 1.91 bits per heavy atom. The van der Waals surface area contributed by atoms with E-state index in [0.29, 0.717) is 16.9 Å². The predicted molar refractivity (Wildman–Crippen MR) is 123 cm³/mol. The molecule has 8 heteroatoms. The lowest BCUT2D eigenvalue weighted by Gasteiger charge is -2.24. The number of aryl methyl sites for hydroxylation is 1. The molecule has 4 rings (SSSR count). The number of nitrogens with zero attached hydrogens (tertiary/aromatic N) is 3. The van der Waals surface area contributed by atoms with Gasteiger partial charge in [0.15, 0.2) is 0 Å². The molecule has 1 atom stereocenters. The normalized spacial score (nSPS) is 17.2. The summed E-state index contributed by atoms with van der Waals surface area (Å²) in [5, 5.41) is 20.7. The van der Waals surface area contributed by atoms with Crippen LogP contribution in [-0.4, -0.2) is 28.9 Å². The van der Waals surface area contributed by atoms with Gasteiger partial charge in [-0.25, -0.2) is 0 Å². The highest BCUT2D eigenvalue weighted by molar-refractivity contribution is 6.51. The zero-order valence-electron chi connectivity index (χ0n) is 17.7. The molecule has 0 saturated carbocycles. The van der Waals surface area contributed by atoms with Gasteiger partial charge in [-0.05, 0) is 61.0 Å². The first-order valence-corrected chi connectivity index (χ1v) is 10.3. The van der Waals surface area contributed by atoms with E-state index in [1.165, 1.54) is 12.0 Å². The highest BCUT2D eigenvalue weighted by Gasteiger charge is 2.48. The van der Waals surface area contributed by atoms with E-state index in [4.69, 9.17) is 21.6 Å². The van der Waals surface area contributed by atoms with Gasteiger partial charge in [-0.1, -0.05) is 17.7 Å². The molecular weight excluding hydrogens is 442 g/mol. The van der Waals surface area contributed by atoms with Crippen LogP contribution in [0.4, 0.5) is 5.69 Å². The Kier molecular flexibility index (Phi) is 5.86.